The highest BCUT2D eigenvalue weighted by molar-refractivity contribution is 7.99. The molecule has 0 bridgehead atoms. The summed E-state index contributed by atoms with van der Waals surface area (Å²) >= 11 is 1.35. The first-order valence-electron chi connectivity index (χ1n) is 8.17. The number of amides is 1. The highest BCUT2D eigenvalue weighted by Gasteiger charge is 2.22. The van der Waals surface area contributed by atoms with Crippen LogP contribution in [0.1, 0.15) is 51.9 Å². The maximum atomic E-state index is 12.3. The smallest absolute Gasteiger partial charge is 0.342 e. The molecule has 1 N–H and O–H groups in total. The van der Waals surface area contributed by atoms with Crippen LogP contribution in [0.4, 0.5) is 0 Å². The average molecular weight is 326 g/mol. The van der Waals surface area contributed by atoms with Crippen molar-refractivity contribution in [1.82, 2.24) is 19.7 Å². The second-order valence-corrected chi connectivity index (χ2v) is 6.84. The minimum atomic E-state index is -0.191. The van der Waals surface area contributed by atoms with Gasteiger partial charge in [0.15, 0.2) is 5.16 Å². The van der Waals surface area contributed by atoms with E-state index < -0.39 is 0 Å². The van der Waals surface area contributed by atoms with E-state index in [2.05, 4.69) is 17.1 Å². The van der Waals surface area contributed by atoms with Crippen molar-refractivity contribution in [1.29, 1.82) is 0 Å². The van der Waals surface area contributed by atoms with Crippen molar-refractivity contribution < 1.29 is 4.79 Å². The van der Waals surface area contributed by atoms with Gasteiger partial charge in [0.25, 0.3) is 0 Å². The topological polar surface area (TPSA) is 71.0 Å². The molecule has 1 saturated carbocycles. The number of aromatic amines is 1. The molecule has 124 valence electrons. The van der Waals surface area contributed by atoms with E-state index >= 15 is 0 Å². The number of hydrogen-bond donors (Lipinski definition) is 1. The summed E-state index contributed by atoms with van der Waals surface area (Å²) in [4.78, 5) is 25.9. The van der Waals surface area contributed by atoms with Crippen LogP contribution in [0.3, 0.4) is 0 Å². The molecular weight excluding hydrogens is 300 g/mol. The maximum Gasteiger partial charge on any atom is 0.343 e. The van der Waals surface area contributed by atoms with Crippen molar-refractivity contribution in [2.24, 2.45) is 0 Å². The molecule has 1 heterocycles. The van der Waals surface area contributed by atoms with E-state index in [1.54, 1.807) is 4.57 Å². The summed E-state index contributed by atoms with van der Waals surface area (Å²) in [5.41, 5.74) is -0.191. The number of H-pyrrole nitrogens is 1. The SMILES string of the molecule is CCCCn1c(SCC(=O)N(C)C2CCCCC2)n[nH]c1=O. The minimum Gasteiger partial charge on any atom is -0.342 e. The van der Waals surface area contributed by atoms with Crippen molar-refractivity contribution in [3.63, 3.8) is 0 Å². The summed E-state index contributed by atoms with van der Waals surface area (Å²) in [6, 6.07) is 0.378. The molecule has 1 aromatic heterocycles. The fraction of sp³-hybridized carbons (Fsp3) is 0.800. The van der Waals surface area contributed by atoms with Crippen LogP contribution >= 0.6 is 11.8 Å². The monoisotopic (exact) mass is 326 g/mol. The quantitative estimate of drug-likeness (QED) is 0.780. The number of carbonyl (C=O) groups excluding carboxylic acids is 1. The standard InChI is InChI=1S/C15H26N4O2S/c1-3-4-10-19-14(21)16-17-15(19)22-11-13(20)18(2)12-8-6-5-7-9-12/h12H,3-11H2,1-2H3,(H,16,21). The molecule has 0 saturated heterocycles. The van der Waals surface area contributed by atoms with Gasteiger partial charge >= 0.3 is 5.69 Å². The Morgan fingerprint density at radius 1 is 1.41 bits per heavy atom. The van der Waals surface area contributed by atoms with Crippen molar-refractivity contribution in [2.75, 3.05) is 12.8 Å². The molecule has 0 unspecified atom stereocenters. The number of thioether (sulfide) groups is 1. The zero-order valence-electron chi connectivity index (χ0n) is 13.5. The predicted octanol–water partition coefficient (Wildman–Crippen LogP) is 2.25. The van der Waals surface area contributed by atoms with Gasteiger partial charge in [0, 0.05) is 19.6 Å². The van der Waals surface area contributed by atoms with Crippen LogP contribution in [-0.2, 0) is 11.3 Å². The van der Waals surface area contributed by atoms with E-state index in [1.807, 2.05) is 11.9 Å². The maximum absolute atomic E-state index is 12.3. The van der Waals surface area contributed by atoms with E-state index in [1.165, 1.54) is 31.0 Å². The molecule has 0 radical (unpaired) electrons. The molecule has 22 heavy (non-hydrogen) atoms. The molecular formula is C15H26N4O2S. The van der Waals surface area contributed by atoms with Crippen LogP contribution in [0, 0.1) is 0 Å². The van der Waals surface area contributed by atoms with E-state index in [-0.39, 0.29) is 11.6 Å². The number of aromatic nitrogens is 3. The van der Waals surface area contributed by atoms with Crippen LogP contribution in [0.25, 0.3) is 0 Å². The Balaban J connectivity index is 1.89. The van der Waals surface area contributed by atoms with Gasteiger partial charge in [0.2, 0.25) is 5.91 Å². The van der Waals surface area contributed by atoms with Gasteiger partial charge in [-0.05, 0) is 19.3 Å². The Bertz CT molecular complexity index is 534. The summed E-state index contributed by atoms with van der Waals surface area (Å²) < 4.78 is 1.63. The van der Waals surface area contributed by atoms with Crippen LogP contribution < -0.4 is 5.69 Å². The predicted molar refractivity (Wildman–Crippen MR) is 88.1 cm³/mol. The number of carbonyl (C=O) groups is 1. The fourth-order valence-corrected chi connectivity index (χ4v) is 3.72. The normalized spacial score (nSPS) is 15.9. The van der Waals surface area contributed by atoms with Crippen LogP contribution in [-0.4, -0.2) is 44.4 Å². The van der Waals surface area contributed by atoms with Crippen LogP contribution in [0.2, 0.25) is 0 Å². The Kier molecular flexibility index (Phi) is 6.54. The van der Waals surface area contributed by atoms with Gasteiger partial charge < -0.3 is 4.90 Å². The molecule has 0 atom stereocenters. The molecule has 2 rings (SSSR count). The molecule has 6 nitrogen and oxygen atoms in total. The highest BCUT2D eigenvalue weighted by atomic mass is 32.2. The Labute approximate surface area is 135 Å². The third kappa shape index (κ3) is 4.38. The zero-order valence-corrected chi connectivity index (χ0v) is 14.3. The average Bonchev–Trinajstić information content (AvgIpc) is 2.90. The molecule has 0 spiro atoms. The number of nitrogens with one attached hydrogen (secondary N) is 1. The minimum absolute atomic E-state index is 0.120. The second kappa shape index (κ2) is 8.41. The van der Waals surface area contributed by atoms with Crippen molar-refractivity contribution in [3.05, 3.63) is 10.5 Å². The number of rotatable bonds is 7. The third-order valence-corrected chi connectivity index (χ3v) is 5.26. The lowest BCUT2D eigenvalue weighted by Gasteiger charge is -2.31. The first kappa shape index (κ1) is 17.1. The summed E-state index contributed by atoms with van der Waals surface area (Å²) in [7, 11) is 1.90. The van der Waals surface area contributed by atoms with Gasteiger partial charge in [0.05, 0.1) is 5.75 Å². The summed E-state index contributed by atoms with van der Waals surface area (Å²) in [5.74, 6) is 0.457. The largest absolute Gasteiger partial charge is 0.343 e. The molecule has 0 aromatic carbocycles. The number of unbranched alkanes of at least 4 members (excludes halogenated alkanes) is 1. The molecule has 1 aromatic rings. The molecule has 1 amide bonds. The zero-order chi connectivity index (χ0) is 15.9. The van der Waals surface area contributed by atoms with E-state index in [0.29, 0.717) is 23.5 Å². The van der Waals surface area contributed by atoms with Crippen molar-refractivity contribution in [2.45, 2.75) is 69.6 Å². The molecule has 1 fully saturated rings. The van der Waals surface area contributed by atoms with Gasteiger partial charge in [0.1, 0.15) is 0 Å². The summed E-state index contributed by atoms with van der Waals surface area (Å²) in [5, 5.41) is 7.12. The highest BCUT2D eigenvalue weighted by Crippen LogP contribution is 2.23. The lowest BCUT2D eigenvalue weighted by molar-refractivity contribution is -0.129. The van der Waals surface area contributed by atoms with Gasteiger partial charge in [-0.3, -0.25) is 9.36 Å². The molecule has 7 heteroatoms. The fourth-order valence-electron chi connectivity index (χ4n) is 2.83. The van der Waals surface area contributed by atoms with E-state index in [4.69, 9.17) is 0 Å². The Morgan fingerprint density at radius 2 is 2.14 bits per heavy atom. The third-order valence-electron chi connectivity index (χ3n) is 4.30. The Hall–Kier alpha value is -1.24. The number of nitrogens with zero attached hydrogens (tertiary/aromatic N) is 3. The second-order valence-electron chi connectivity index (χ2n) is 5.90. The Morgan fingerprint density at radius 3 is 2.82 bits per heavy atom. The molecule has 1 aliphatic carbocycles. The summed E-state index contributed by atoms with van der Waals surface area (Å²) in [6.07, 6.45) is 7.88. The summed E-state index contributed by atoms with van der Waals surface area (Å²) in [6.45, 7) is 2.74. The molecule has 1 aliphatic rings. The lowest BCUT2D eigenvalue weighted by Crippen LogP contribution is -2.39. The first-order valence-corrected chi connectivity index (χ1v) is 9.15. The van der Waals surface area contributed by atoms with Gasteiger partial charge in [-0.25, -0.2) is 9.89 Å². The van der Waals surface area contributed by atoms with Gasteiger partial charge in [-0.15, -0.1) is 5.10 Å². The van der Waals surface area contributed by atoms with Crippen LogP contribution in [0.5, 0.6) is 0 Å². The van der Waals surface area contributed by atoms with E-state index in [0.717, 1.165) is 25.7 Å². The first-order chi connectivity index (χ1) is 10.6. The molecule has 0 aliphatic heterocycles. The van der Waals surface area contributed by atoms with Gasteiger partial charge in [-0.1, -0.05) is 44.4 Å². The van der Waals surface area contributed by atoms with Gasteiger partial charge in [-0.2, -0.15) is 0 Å². The van der Waals surface area contributed by atoms with Crippen molar-refractivity contribution >= 4 is 17.7 Å². The van der Waals surface area contributed by atoms with E-state index in [9.17, 15) is 9.59 Å². The van der Waals surface area contributed by atoms with Crippen molar-refractivity contribution in [3.8, 4) is 0 Å². The lowest BCUT2D eigenvalue weighted by atomic mass is 9.94. The van der Waals surface area contributed by atoms with Crippen LogP contribution in [0.15, 0.2) is 9.95 Å². The number of hydrogen-bond acceptors (Lipinski definition) is 4.